The van der Waals surface area contributed by atoms with Gasteiger partial charge in [-0.25, -0.2) is 0 Å². The number of hydrogen-bond donors (Lipinski definition) is 5. The van der Waals surface area contributed by atoms with Gasteiger partial charge in [-0.15, -0.1) is 0 Å². The molecule has 6 N–H and O–H groups in total. The molecule has 0 fully saturated rings. The summed E-state index contributed by atoms with van der Waals surface area (Å²) in [6.45, 7) is 5.47. The Morgan fingerprint density at radius 1 is 1.06 bits per heavy atom. The number of phenolic OH excluding ortho intramolecular Hbond substituents is 3. The fraction of sp³-hybridized carbons (Fsp3) is 0.231. The Morgan fingerprint density at radius 2 is 1.67 bits per heavy atom. The maximum Gasteiger partial charge on any atom is 0.244 e. The fourth-order valence-corrected chi connectivity index (χ4v) is 4.64. The van der Waals surface area contributed by atoms with E-state index in [9.17, 15) is 34.5 Å². The molecular weight excluding hydrogens is 468 g/mol. The molecule has 0 radical (unpaired) electrons. The van der Waals surface area contributed by atoms with E-state index in [-0.39, 0.29) is 45.2 Å². The van der Waals surface area contributed by atoms with E-state index >= 15 is 0 Å². The van der Waals surface area contributed by atoms with E-state index in [0.29, 0.717) is 5.56 Å². The van der Waals surface area contributed by atoms with Gasteiger partial charge in [0.15, 0.2) is 17.3 Å². The minimum atomic E-state index is -1.69. The predicted molar refractivity (Wildman–Crippen MR) is 126 cm³/mol. The molecule has 0 aromatic heterocycles. The lowest BCUT2D eigenvalue weighted by Gasteiger charge is -2.29. The average Bonchev–Trinajstić information content (AvgIpc) is 3.09. The number of hydrogen-bond acceptors (Lipinski definition) is 9. The highest BCUT2D eigenvalue weighted by molar-refractivity contribution is 6.31. The molecule has 2 aromatic rings. The number of phenols is 3. The molecule has 186 valence electrons. The van der Waals surface area contributed by atoms with Gasteiger partial charge in [0, 0.05) is 17.3 Å². The Balaban J connectivity index is 1.87. The highest BCUT2D eigenvalue weighted by Gasteiger charge is 2.56. The van der Waals surface area contributed by atoms with E-state index < -0.39 is 46.2 Å². The normalized spacial score (nSPS) is 20.6. The number of primary amides is 1. The second-order valence-electron chi connectivity index (χ2n) is 8.96. The second-order valence-corrected chi connectivity index (χ2v) is 8.96. The monoisotopic (exact) mass is 492 g/mol. The summed E-state index contributed by atoms with van der Waals surface area (Å²) < 4.78 is 5.73. The molecule has 1 aliphatic heterocycles. The number of aromatic hydroxyl groups is 3. The van der Waals surface area contributed by atoms with Crippen molar-refractivity contribution >= 4 is 23.3 Å². The molecule has 1 heterocycles. The third-order valence-corrected chi connectivity index (χ3v) is 6.63. The molecule has 36 heavy (non-hydrogen) atoms. The number of fused-ring (bicyclic) bond motifs is 3. The fourth-order valence-electron chi connectivity index (χ4n) is 4.64. The minimum absolute atomic E-state index is 0.0174. The highest BCUT2D eigenvalue weighted by Crippen LogP contribution is 2.57. The number of ether oxygens (including phenoxy) is 1. The number of nitrogens with two attached hydrogens (primary N) is 1. The average molecular weight is 492 g/mol. The number of allylic oxidation sites excluding steroid dienone is 4. The van der Waals surface area contributed by atoms with Crippen molar-refractivity contribution in [3.8, 4) is 23.0 Å². The Hall–Kier alpha value is -4.60. The smallest absolute Gasteiger partial charge is 0.244 e. The first-order valence-electron chi connectivity index (χ1n) is 10.9. The first-order chi connectivity index (χ1) is 16.8. The van der Waals surface area contributed by atoms with Crippen molar-refractivity contribution < 1.29 is 39.2 Å². The molecule has 0 saturated heterocycles. The number of carbonyl (C=O) groups is 4. The second kappa shape index (κ2) is 8.26. The molecule has 1 amide bonds. The van der Waals surface area contributed by atoms with Gasteiger partial charge in [0.25, 0.3) is 0 Å². The third-order valence-electron chi connectivity index (χ3n) is 6.63. The van der Waals surface area contributed by atoms with Gasteiger partial charge in [-0.1, -0.05) is 12.1 Å². The molecule has 2 aliphatic rings. The van der Waals surface area contributed by atoms with Crippen molar-refractivity contribution in [2.45, 2.75) is 39.2 Å². The van der Waals surface area contributed by atoms with Crippen molar-refractivity contribution in [1.82, 2.24) is 5.32 Å². The number of ketones is 3. The lowest BCUT2D eigenvalue weighted by atomic mass is 9.70. The first-order valence-corrected chi connectivity index (χ1v) is 10.9. The van der Waals surface area contributed by atoms with Crippen molar-refractivity contribution in [1.29, 1.82) is 0 Å². The van der Waals surface area contributed by atoms with Crippen LogP contribution in [0.5, 0.6) is 23.0 Å². The van der Waals surface area contributed by atoms with Crippen molar-refractivity contribution in [3.63, 3.8) is 0 Å². The van der Waals surface area contributed by atoms with Crippen LogP contribution < -0.4 is 15.8 Å². The quantitative estimate of drug-likeness (QED) is 0.238. The number of benzene rings is 2. The van der Waals surface area contributed by atoms with Crippen molar-refractivity contribution in [2.24, 2.45) is 5.73 Å². The largest absolute Gasteiger partial charge is 0.508 e. The third kappa shape index (κ3) is 3.41. The molecule has 2 atom stereocenters. The van der Waals surface area contributed by atoms with Crippen LogP contribution >= 0.6 is 0 Å². The van der Waals surface area contributed by atoms with Crippen LogP contribution in [0.4, 0.5) is 0 Å². The standard InChI is InChI=1S/C26H24N2O8/c1-10-21(32)18(12(3)29)23-19(22(10)33)26(4)16(36-23)9-15(31)17(24(26)34)11(2)28-20(25(27)35)13-5-7-14(30)8-6-13/h5-9,20,28,30,32-33H,1-4H3,(H2,27,35)/b17-11+/t20-,26+/m0/s1. The topological polar surface area (TPSA) is 176 Å². The predicted octanol–water partition coefficient (Wildman–Crippen LogP) is 2.09. The molecule has 0 spiro atoms. The number of rotatable bonds is 5. The van der Waals surface area contributed by atoms with E-state index in [2.05, 4.69) is 5.32 Å². The molecule has 0 saturated carbocycles. The zero-order chi connectivity index (χ0) is 26.7. The summed E-state index contributed by atoms with van der Waals surface area (Å²) in [7, 11) is 0. The van der Waals surface area contributed by atoms with Gasteiger partial charge in [0.2, 0.25) is 5.91 Å². The Labute approximate surface area is 205 Å². The Kier molecular flexibility index (Phi) is 5.63. The van der Waals surface area contributed by atoms with Gasteiger partial charge in [-0.2, -0.15) is 0 Å². The van der Waals surface area contributed by atoms with E-state index in [4.69, 9.17) is 10.5 Å². The molecule has 0 unspecified atom stereocenters. The van der Waals surface area contributed by atoms with E-state index in [1.165, 1.54) is 52.0 Å². The van der Waals surface area contributed by atoms with Gasteiger partial charge in [-0.05, 0) is 45.4 Å². The van der Waals surface area contributed by atoms with Gasteiger partial charge in [0.1, 0.15) is 45.8 Å². The van der Waals surface area contributed by atoms with Crippen LogP contribution in [-0.2, 0) is 19.8 Å². The highest BCUT2D eigenvalue weighted by atomic mass is 16.5. The molecule has 10 heteroatoms. The number of amides is 1. The molecule has 2 aromatic carbocycles. The van der Waals surface area contributed by atoms with Gasteiger partial charge < -0.3 is 31.1 Å². The van der Waals surface area contributed by atoms with Crippen LogP contribution in [-0.4, -0.2) is 38.6 Å². The van der Waals surface area contributed by atoms with Crippen LogP contribution in [0.3, 0.4) is 0 Å². The van der Waals surface area contributed by atoms with Crippen LogP contribution in [0.15, 0.2) is 47.4 Å². The number of nitrogens with one attached hydrogen (secondary N) is 1. The maximum atomic E-state index is 13.9. The molecule has 0 bridgehead atoms. The van der Waals surface area contributed by atoms with E-state index in [1.807, 2.05) is 0 Å². The Morgan fingerprint density at radius 3 is 2.22 bits per heavy atom. The van der Waals surface area contributed by atoms with Crippen LogP contribution in [0, 0.1) is 6.92 Å². The van der Waals surface area contributed by atoms with Gasteiger partial charge in [0.05, 0.1) is 11.1 Å². The zero-order valence-corrected chi connectivity index (χ0v) is 19.9. The number of carbonyl (C=O) groups excluding carboxylic acids is 4. The summed E-state index contributed by atoms with van der Waals surface area (Å²) in [4.78, 5) is 51.4. The summed E-state index contributed by atoms with van der Waals surface area (Å²) >= 11 is 0. The van der Waals surface area contributed by atoms with Crippen LogP contribution in [0.1, 0.15) is 53.9 Å². The minimum Gasteiger partial charge on any atom is -0.508 e. The maximum absolute atomic E-state index is 13.9. The lowest BCUT2D eigenvalue weighted by Crippen LogP contribution is -2.42. The summed E-state index contributed by atoms with van der Waals surface area (Å²) in [5, 5.41) is 33.7. The summed E-state index contributed by atoms with van der Waals surface area (Å²) in [5.74, 6) is -4.03. The first kappa shape index (κ1) is 24.5. The van der Waals surface area contributed by atoms with E-state index in [1.54, 1.807) is 0 Å². The SMILES string of the molecule is CC(=O)c1c(O)c(C)c(O)c2c1OC1=CC(=O)/C(=C(/C)N[C@H](C(N)=O)c3ccc(O)cc3)C(=O)[C@]12C. The summed E-state index contributed by atoms with van der Waals surface area (Å²) in [5.41, 5.74) is 3.74. The lowest BCUT2D eigenvalue weighted by molar-refractivity contribution is -0.124. The Bertz CT molecular complexity index is 1440. The van der Waals surface area contributed by atoms with Crippen molar-refractivity contribution in [2.75, 3.05) is 0 Å². The van der Waals surface area contributed by atoms with Crippen LogP contribution in [0.2, 0.25) is 0 Å². The molecular formula is C26H24N2O8. The zero-order valence-electron chi connectivity index (χ0n) is 19.9. The van der Waals surface area contributed by atoms with Crippen molar-refractivity contribution in [3.05, 3.63) is 69.6 Å². The molecule has 4 rings (SSSR count). The molecule has 1 aliphatic carbocycles. The van der Waals surface area contributed by atoms with E-state index in [0.717, 1.165) is 6.08 Å². The summed E-state index contributed by atoms with van der Waals surface area (Å²) in [6.07, 6.45) is 1.08. The van der Waals surface area contributed by atoms with Gasteiger partial charge >= 0.3 is 0 Å². The number of Topliss-reactive ketones (excluding diaryl/α,β-unsaturated/α-hetero) is 2. The van der Waals surface area contributed by atoms with Gasteiger partial charge in [-0.3, -0.25) is 19.2 Å². The summed E-state index contributed by atoms with van der Waals surface area (Å²) in [6, 6.07) is 4.54. The van der Waals surface area contributed by atoms with Crippen LogP contribution in [0.25, 0.3) is 0 Å². The molecule has 10 nitrogen and oxygen atoms in total.